The Morgan fingerprint density at radius 3 is 2.73 bits per heavy atom. The lowest BCUT2D eigenvalue weighted by molar-refractivity contribution is 0.286. The van der Waals surface area contributed by atoms with Crippen molar-refractivity contribution in [2.45, 2.75) is 26.7 Å². The van der Waals surface area contributed by atoms with Gasteiger partial charge < -0.3 is 19.9 Å². The zero-order valence-electron chi connectivity index (χ0n) is 14.7. The third-order valence-corrected chi connectivity index (χ3v) is 4.67. The predicted molar refractivity (Wildman–Crippen MR) is 99.1 cm³/mol. The second-order valence-corrected chi connectivity index (χ2v) is 6.54. The Hall–Kier alpha value is -2.66. The lowest BCUT2D eigenvalue weighted by Gasteiger charge is -2.25. The second kappa shape index (κ2) is 7.30. The van der Waals surface area contributed by atoms with Gasteiger partial charge in [0, 0.05) is 11.3 Å². The first-order chi connectivity index (χ1) is 12.5. The predicted octanol–water partition coefficient (Wildman–Crippen LogP) is 3.50. The van der Waals surface area contributed by atoms with Crippen LogP contribution >= 0.6 is 15.9 Å². The minimum absolute atomic E-state index is 0.0551. The number of nitrogens with one attached hydrogen (secondary N) is 1. The van der Waals surface area contributed by atoms with E-state index < -0.39 is 5.92 Å². The van der Waals surface area contributed by atoms with Crippen molar-refractivity contribution in [1.82, 2.24) is 10.2 Å². The van der Waals surface area contributed by atoms with Crippen molar-refractivity contribution in [1.29, 1.82) is 5.26 Å². The molecule has 26 heavy (non-hydrogen) atoms. The molecule has 1 atom stereocenters. The number of aryl methyl sites for hydroxylation is 1. The molecule has 1 aliphatic heterocycles. The summed E-state index contributed by atoms with van der Waals surface area (Å²) < 4.78 is 17.7. The van der Waals surface area contributed by atoms with Crippen LogP contribution in [0.25, 0.3) is 0 Å². The van der Waals surface area contributed by atoms with Crippen LogP contribution in [0.2, 0.25) is 0 Å². The third-order valence-electron chi connectivity index (χ3n) is 4.08. The second-order valence-electron chi connectivity index (χ2n) is 5.69. The molecule has 1 aromatic carbocycles. The number of hydrogen-bond donors (Lipinski definition) is 2. The maximum Gasteiger partial charge on any atom is 0.244 e. The average molecular weight is 419 g/mol. The molecule has 0 bridgehead atoms. The molecule has 136 valence electrons. The first-order valence-electron chi connectivity index (χ1n) is 8.23. The first kappa shape index (κ1) is 18.1. The number of aromatic amines is 1. The summed E-state index contributed by atoms with van der Waals surface area (Å²) in [5.74, 6) is 1.26. The van der Waals surface area contributed by atoms with E-state index in [9.17, 15) is 5.26 Å². The lowest BCUT2D eigenvalue weighted by atomic mass is 9.84. The first-order valence-corrected chi connectivity index (χ1v) is 9.02. The number of fused-ring (bicyclic) bond motifs is 1. The number of nitriles is 1. The Balaban J connectivity index is 2.21. The van der Waals surface area contributed by atoms with Crippen molar-refractivity contribution < 1.29 is 14.2 Å². The van der Waals surface area contributed by atoms with Crippen molar-refractivity contribution in [2.24, 2.45) is 5.73 Å². The molecule has 1 aliphatic rings. The number of ether oxygens (including phenoxy) is 3. The van der Waals surface area contributed by atoms with Crippen LogP contribution in [0.15, 0.2) is 28.1 Å². The van der Waals surface area contributed by atoms with E-state index in [4.69, 9.17) is 19.9 Å². The summed E-state index contributed by atoms with van der Waals surface area (Å²) in [6.07, 6.45) is 0. The molecule has 0 aliphatic carbocycles. The maximum absolute atomic E-state index is 9.66. The van der Waals surface area contributed by atoms with Gasteiger partial charge in [0.15, 0.2) is 11.5 Å². The van der Waals surface area contributed by atoms with Crippen LogP contribution < -0.4 is 19.9 Å². The van der Waals surface area contributed by atoms with Gasteiger partial charge in [-0.1, -0.05) is 0 Å². The van der Waals surface area contributed by atoms with E-state index in [-0.39, 0.29) is 5.88 Å². The van der Waals surface area contributed by atoms with E-state index >= 15 is 0 Å². The highest BCUT2D eigenvalue weighted by molar-refractivity contribution is 9.10. The van der Waals surface area contributed by atoms with E-state index in [1.807, 2.05) is 32.9 Å². The van der Waals surface area contributed by atoms with Crippen LogP contribution in [0, 0.1) is 18.3 Å². The van der Waals surface area contributed by atoms with Gasteiger partial charge >= 0.3 is 0 Å². The zero-order chi connectivity index (χ0) is 18.8. The van der Waals surface area contributed by atoms with Crippen molar-refractivity contribution in [3.05, 3.63) is 44.9 Å². The number of H-pyrrole nitrogens is 1. The summed E-state index contributed by atoms with van der Waals surface area (Å²) in [5, 5.41) is 16.7. The molecule has 2 heterocycles. The number of nitrogens with zero attached hydrogens (tertiary/aromatic N) is 2. The third kappa shape index (κ3) is 2.99. The topological polar surface area (TPSA) is 106 Å². The Kier molecular flexibility index (Phi) is 5.09. The number of hydrogen-bond acceptors (Lipinski definition) is 6. The standard InChI is InChI=1S/C18H19BrN4O3/c1-4-24-13-7-10(6-12(19)16(13)25-5-2)15-11(8-20)17(21)26-18-14(15)9(3)22-23-18/h6-7,15H,4-5,21H2,1-3H3,(H,22,23)/t15-/m1/s1. The molecule has 8 heteroatoms. The Bertz CT molecular complexity index is 914. The van der Waals surface area contributed by atoms with Crippen LogP contribution in [0.3, 0.4) is 0 Å². The Morgan fingerprint density at radius 1 is 1.35 bits per heavy atom. The minimum atomic E-state index is -0.409. The van der Waals surface area contributed by atoms with Gasteiger partial charge in [-0.25, -0.2) is 0 Å². The number of benzene rings is 1. The van der Waals surface area contributed by atoms with Crippen LogP contribution in [0.4, 0.5) is 0 Å². The molecular weight excluding hydrogens is 400 g/mol. The molecule has 7 nitrogen and oxygen atoms in total. The number of allylic oxidation sites excluding steroid dienone is 1. The van der Waals surface area contributed by atoms with Gasteiger partial charge in [-0.15, -0.1) is 5.10 Å². The molecule has 0 saturated heterocycles. The van der Waals surface area contributed by atoms with E-state index in [1.54, 1.807) is 0 Å². The molecule has 2 aromatic rings. The van der Waals surface area contributed by atoms with Crippen molar-refractivity contribution >= 4 is 15.9 Å². The van der Waals surface area contributed by atoms with Gasteiger partial charge in [0.1, 0.15) is 11.6 Å². The van der Waals surface area contributed by atoms with Crippen LogP contribution in [-0.4, -0.2) is 23.4 Å². The molecular formula is C18H19BrN4O3. The van der Waals surface area contributed by atoms with Crippen LogP contribution in [-0.2, 0) is 0 Å². The Morgan fingerprint density at radius 2 is 2.08 bits per heavy atom. The molecule has 0 fully saturated rings. The molecule has 0 saturated carbocycles. The molecule has 3 N–H and O–H groups in total. The van der Waals surface area contributed by atoms with Gasteiger partial charge in [0.25, 0.3) is 0 Å². The monoisotopic (exact) mass is 418 g/mol. The molecule has 1 aromatic heterocycles. The quantitative estimate of drug-likeness (QED) is 0.769. The number of rotatable bonds is 5. The fourth-order valence-corrected chi connectivity index (χ4v) is 3.61. The van der Waals surface area contributed by atoms with E-state index in [2.05, 4.69) is 32.2 Å². The minimum Gasteiger partial charge on any atom is -0.490 e. The maximum atomic E-state index is 9.66. The fraction of sp³-hybridized carbons (Fsp3) is 0.333. The number of nitrogens with two attached hydrogens (primary N) is 1. The fourth-order valence-electron chi connectivity index (χ4n) is 3.03. The highest BCUT2D eigenvalue weighted by Gasteiger charge is 2.35. The largest absolute Gasteiger partial charge is 0.490 e. The molecule has 0 spiro atoms. The summed E-state index contributed by atoms with van der Waals surface area (Å²) in [5.41, 5.74) is 8.73. The zero-order valence-corrected chi connectivity index (χ0v) is 16.3. The van der Waals surface area contributed by atoms with Crippen molar-refractivity contribution in [3.8, 4) is 23.4 Å². The molecule has 0 amide bonds. The highest BCUT2D eigenvalue weighted by atomic mass is 79.9. The van der Waals surface area contributed by atoms with Crippen molar-refractivity contribution in [2.75, 3.05) is 13.2 Å². The lowest BCUT2D eigenvalue weighted by Crippen LogP contribution is -2.21. The van der Waals surface area contributed by atoms with E-state index in [1.165, 1.54) is 0 Å². The highest BCUT2D eigenvalue weighted by Crippen LogP contribution is 2.46. The summed E-state index contributed by atoms with van der Waals surface area (Å²) in [4.78, 5) is 0. The molecule has 0 unspecified atom stereocenters. The smallest absolute Gasteiger partial charge is 0.244 e. The van der Waals surface area contributed by atoms with Gasteiger partial charge in [-0.2, -0.15) is 5.26 Å². The van der Waals surface area contributed by atoms with Crippen molar-refractivity contribution in [3.63, 3.8) is 0 Å². The SMILES string of the molecule is CCOc1cc([C@@H]2C(C#N)=C(N)Oc3n[nH]c(C)c32)cc(Br)c1OCC. The Labute approximate surface area is 159 Å². The summed E-state index contributed by atoms with van der Waals surface area (Å²) in [6, 6.07) is 5.95. The summed E-state index contributed by atoms with van der Waals surface area (Å²) in [6.45, 7) is 6.69. The van der Waals surface area contributed by atoms with Crippen LogP contribution in [0.1, 0.15) is 36.6 Å². The van der Waals surface area contributed by atoms with Gasteiger partial charge in [0.2, 0.25) is 11.8 Å². The average Bonchev–Trinajstić information content (AvgIpc) is 2.97. The normalized spacial score (nSPS) is 15.9. The number of halogens is 1. The van der Waals surface area contributed by atoms with Gasteiger partial charge in [-0.05, 0) is 54.4 Å². The van der Waals surface area contributed by atoms with Gasteiger partial charge in [0.05, 0.1) is 23.6 Å². The van der Waals surface area contributed by atoms with E-state index in [0.717, 1.165) is 21.3 Å². The molecule has 3 rings (SSSR count). The summed E-state index contributed by atoms with van der Waals surface area (Å²) >= 11 is 3.55. The van der Waals surface area contributed by atoms with Crippen LogP contribution in [0.5, 0.6) is 17.4 Å². The number of aromatic nitrogens is 2. The molecule has 0 radical (unpaired) electrons. The van der Waals surface area contributed by atoms with Gasteiger partial charge in [-0.3, -0.25) is 5.10 Å². The summed E-state index contributed by atoms with van der Waals surface area (Å²) in [7, 11) is 0. The van der Waals surface area contributed by atoms with E-state index in [0.29, 0.717) is 36.2 Å².